The van der Waals surface area contributed by atoms with E-state index in [4.69, 9.17) is 4.74 Å². The summed E-state index contributed by atoms with van der Waals surface area (Å²) in [6.45, 7) is -3.03. The molecule has 0 aliphatic heterocycles. The molecule has 0 aliphatic carbocycles. The van der Waals surface area contributed by atoms with Crippen LogP contribution >= 0.6 is 0 Å². The fourth-order valence-electron chi connectivity index (χ4n) is 2.71. The summed E-state index contributed by atoms with van der Waals surface area (Å²) in [7, 11) is 1.56. The number of fused-ring (bicyclic) bond motifs is 1. The van der Waals surface area contributed by atoms with Gasteiger partial charge < -0.3 is 25.1 Å². The third-order valence-corrected chi connectivity index (χ3v) is 4.10. The minimum atomic E-state index is -2.92. The average molecular weight is 403 g/mol. The molecule has 0 fully saturated rings. The van der Waals surface area contributed by atoms with Gasteiger partial charge in [0.15, 0.2) is 0 Å². The number of hydrogen-bond donors (Lipinski definition) is 3. The molecule has 0 atom stereocenters. The number of ether oxygens (including phenoxy) is 2. The first-order valence-corrected chi connectivity index (χ1v) is 8.70. The van der Waals surface area contributed by atoms with E-state index in [1.165, 1.54) is 12.1 Å². The molecule has 3 rings (SSSR count). The molecule has 2 amide bonds. The second kappa shape index (κ2) is 9.05. The molecule has 3 N–H and O–H groups in total. The van der Waals surface area contributed by atoms with Gasteiger partial charge in [0.05, 0.1) is 13.7 Å². The zero-order valence-electron chi connectivity index (χ0n) is 15.5. The molecule has 29 heavy (non-hydrogen) atoms. The molecule has 2 aromatic carbocycles. The van der Waals surface area contributed by atoms with Gasteiger partial charge in [0, 0.05) is 17.4 Å². The average Bonchev–Trinajstić information content (AvgIpc) is 3.13. The van der Waals surface area contributed by atoms with Crippen molar-refractivity contribution in [1.82, 2.24) is 15.6 Å². The summed E-state index contributed by atoms with van der Waals surface area (Å²) < 4.78 is 34.0. The van der Waals surface area contributed by atoms with Crippen LogP contribution in [0.15, 0.2) is 48.5 Å². The highest BCUT2D eigenvalue weighted by molar-refractivity contribution is 5.99. The minimum absolute atomic E-state index is 0.00972. The Morgan fingerprint density at radius 3 is 2.66 bits per heavy atom. The Balaban J connectivity index is 1.51. The number of aromatic amines is 1. The van der Waals surface area contributed by atoms with Crippen molar-refractivity contribution < 1.29 is 27.8 Å². The first-order chi connectivity index (χ1) is 13.9. The van der Waals surface area contributed by atoms with Gasteiger partial charge in [0.25, 0.3) is 5.91 Å². The highest BCUT2D eigenvalue weighted by Crippen LogP contribution is 2.21. The van der Waals surface area contributed by atoms with E-state index >= 15 is 0 Å². The number of amides is 2. The van der Waals surface area contributed by atoms with Crippen LogP contribution in [0.4, 0.5) is 8.78 Å². The van der Waals surface area contributed by atoms with Gasteiger partial charge >= 0.3 is 6.61 Å². The smallest absolute Gasteiger partial charge is 0.387 e. The molecule has 1 aromatic heterocycles. The maximum atomic E-state index is 12.3. The number of halogens is 2. The lowest BCUT2D eigenvalue weighted by molar-refractivity contribution is -0.120. The van der Waals surface area contributed by atoms with Crippen LogP contribution in [0.3, 0.4) is 0 Å². The predicted molar refractivity (Wildman–Crippen MR) is 102 cm³/mol. The standard InChI is InChI=1S/C20H19F2N3O4/c1-28-14-5-6-16-13(8-14)9-17(25-16)19(27)24-11-18(26)23-10-12-3-2-4-15(7-12)29-20(21)22/h2-9,20,25H,10-11H2,1H3,(H,23,26)(H,24,27). The van der Waals surface area contributed by atoms with Crippen LogP contribution < -0.4 is 20.1 Å². The number of methoxy groups -OCH3 is 1. The summed E-state index contributed by atoms with van der Waals surface area (Å²) in [6, 6.07) is 13.0. The Morgan fingerprint density at radius 2 is 1.90 bits per heavy atom. The van der Waals surface area contributed by atoms with Gasteiger partial charge in [-0.25, -0.2) is 0 Å². The van der Waals surface area contributed by atoms with Crippen LogP contribution in [0, 0.1) is 0 Å². The van der Waals surface area contributed by atoms with E-state index in [1.54, 1.807) is 43.5 Å². The monoisotopic (exact) mass is 403 g/mol. The molecule has 0 saturated carbocycles. The van der Waals surface area contributed by atoms with E-state index in [-0.39, 0.29) is 18.8 Å². The van der Waals surface area contributed by atoms with Gasteiger partial charge in [-0.05, 0) is 42.0 Å². The van der Waals surface area contributed by atoms with E-state index in [1.807, 2.05) is 0 Å². The fraction of sp³-hybridized carbons (Fsp3) is 0.200. The molecule has 0 bridgehead atoms. The van der Waals surface area contributed by atoms with Gasteiger partial charge in [-0.15, -0.1) is 0 Å². The van der Waals surface area contributed by atoms with Crippen LogP contribution in [0.5, 0.6) is 11.5 Å². The summed E-state index contributed by atoms with van der Waals surface area (Å²) >= 11 is 0. The lowest BCUT2D eigenvalue weighted by Crippen LogP contribution is -2.36. The number of benzene rings is 2. The van der Waals surface area contributed by atoms with Gasteiger partial charge in [-0.1, -0.05) is 12.1 Å². The molecule has 9 heteroatoms. The molecule has 0 saturated heterocycles. The number of rotatable bonds is 8. The van der Waals surface area contributed by atoms with Crippen molar-refractivity contribution >= 4 is 22.7 Å². The van der Waals surface area contributed by atoms with E-state index in [0.717, 1.165) is 10.9 Å². The summed E-state index contributed by atoms with van der Waals surface area (Å²) in [5, 5.41) is 5.94. The Morgan fingerprint density at radius 1 is 1.07 bits per heavy atom. The first kappa shape index (κ1) is 20.1. The molecule has 0 spiro atoms. The zero-order chi connectivity index (χ0) is 20.8. The Labute approximate surface area is 165 Å². The molecule has 0 aliphatic rings. The highest BCUT2D eigenvalue weighted by Gasteiger charge is 2.12. The molecule has 1 heterocycles. The zero-order valence-corrected chi connectivity index (χ0v) is 15.5. The van der Waals surface area contributed by atoms with Crippen molar-refractivity contribution in [3.05, 3.63) is 59.8 Å². The second-order valence-electron chi connectivity index (χ2n) is 6.12. The Kier molecular flexibility index (Phi) is 6.28. The topological polar surface area (TPSA) is 92.5 Å². The summed E-state index contributed by atoms with van der Waals surface area (Å²) in [5.74, 6) is -0.166. The van der Waals surface area contributed by atoms with Crippen LogP contribution in [0.2, 0.25) is 0 Å². The van der Waals surface area contributed by atoms with Crippen LogP contribution in [0.1, 0.15) is 16.1 Å². The lowest BCUT2D eigenvalue weighted by Gasteiger charge is -2.09. The predicted octanol–water partition coefficient (Wildman–Crippen LogP) is 2.82. The molecule has 3 aromatic rings. The number of carbonyl (C=O) groups excluding carboxylic acids is 2. The number of H-pyrrole nitrogens is 1. The van der Waals surface area contributed by atoms with Crippen molar-refractivity contribution in [2.75, 3.05) is 13.7 Å². The van der Waals surface area contributed by atoms with Gasteiger partial charge in [-0.3, -0.25) is 9.59 Å². The summed E-state index contributed by atoms with van der Waals surface area (Å²) in [6.07, 6.45) is 0. The molecular formula is C20H19F2N3O4. The van der Waals surface area contributed by atoms with Gasteiger partial charge in [0.2, 0.25) is 5.91 Å². The molecule has 0 radical (unpaired) electrons. The second-order valence-corrected chi connectivity index (χ2v) is 6.12. The summed E-state index contributed by atoms with van der Waals surface area (Å²) in [4.78, 5) is 27.2. The fourth-order valence-corrected chi connectivity index (χ4v) is 2.71. The molecule has 152 valence electrons. The Hall–Kier alpha value is -3.62. The van der Waals surface area contributed by atoms with Crippen LogP contribution in [-0.2, 0) is 11.3 Å². The number of hydrogen-bond acceptors (Lipinski definition) is 4. The lowest BCUT2D eigenvalue weighted by atomic mass is 10.2. The minimum Gasteiger partial charge on any atom is -0.497 e. The van der Waals surface area contributed by atoms with Gasteiger partial charge in [0.1, 0.15) is 17.2 Å². The number of carbonyl (C=O) groups is 2. The summed E-state index contributed by atoms with van der Waals surface area (Å²) in [5.41, 5.74) is 1.68. The van der Waals surface area contributed by atoms with Crippen molar-refractivity contribution in [3.8, 4) is 11.5 Å². The quantitative estimate of drug-likeness (QED) is 0.539. The van der Waals surface area contributed by atoms with E-state index < -0.39 is 18.4 Å². The van der Waals surface area contributed by atoms with E-state index in [0.29, 0.717) is 17.0 Å². The number of nitrogens with one attached hydrogen (secondary N) is 3. The highest BCUT2D eigenvalue weighted by atomic mass is 19.3. The van der Waals surface area contributed by atoms with Crippen molar-refractivity contribution in [3.63, 3.8) is 0 Å². The maximum Gasteiger partial charge on any atom is 0.387 e. The van der Waals surface area contributed by atoms with Crippen LogP contribution in [-0.4, -0.2) is 37.1 Å². The maximum absolute atomic E-state index is 12.3. The van der Waals surface area contributed by atoms with E-state index in [2.05, 4.69) is 20.4 Å². The Bertz CT molecular complexity index is 1020. The SMILES string of the molecule is COc1ccc2[nH]c(C(=O)NCC(=O)NCc3cccc(OC(F)F)c3)cc2c1. The third kappa shape index (κ3) is 5.44. The molecular weight excluding hydrogens is 384 g/mol. The first-order valence-electron chi connectivity index (χ1n) is 8.70. The van der Waals surface area contributed by atoms with Crippen LogP contribution in [0.25, 0.3) is 10.9 Å². The largest absolute Gasteiger partial charge is 0.497 e. The normalized spacial score (nSPS) is 10.8. The number of alkyl halides is 2. The number of aromatic nitrogens is 1. The van der Waals surface area contributed by atoms with Crippen molar-refractivity contribution in [2.24, 2.45) is 0 Å². The molecule has 7 nitrogen and oxygen atoms in total. The van der Waals surface area contributed by atoms with Crippen molar-refractivity contribution in [1.29, 1.82) is 0 Å². The van der Waals surface area contributed by atoms with E-state index in [9.17, 15) is 18.4 Å². The molecule has 0 unspecified atom stereocenters. The van der Waals surface area contributed by atoms with Gasteiger partial charge in [-0.2, -0.15) is 8.78 Å². The van der Waals surface area contributed by atoms with Crippen molar-refractivity contribution in [2.45, 2.75) is 13.2 Å². The third-order valence-electron chi connectivity index (χ3n) is 4.10.